The summed E-state index contributed by atoms with van der Waals surface area (Å²) >= 11 is 0. The van der Waals surface area contributed by atoms with E-state index in [4.69, 9.17) is 9.97 Å². The lowest BCUT2D eigenvalue weighted by molar-refractivity contribution is 1.02. The number of benzene rings is 7. The van der Waals surface area contributed by atoms with Crippen LogP contribution in [0.5, 0.6) is 0 Å². The van der Waals surface area contributed by atoms with Gasteiger partial charge in [-0.15, -0.1) is 0 Å². The molecule has 0 amide bonds. The van der Waals surface area contributed by atoms with Gasteiger partial charge in [0.1, 0.15) is 0 Å². The Kier molecular flexibility index (Phi) is 5.35. The highest BCUT2D eigenvalue weighted by Gasteiger charge is 2.26. The molecule has 0 bridgehead atoms. The molecule has 1 aliphatic rings. The van der Waals surface area contributed by atoms with Crippen molar-refractivity contribution in [3.05, 3.63) is 158 Å². The molecule has 4 heteroatoms. The zero-order chi connectivity index (χ0) is 32.1. The third-order valence-electron chi connectivity index (χ3n) is 10.2. The van der Waals surface area contributed by atoms with Crippen LogP contribution < -0.4 is 0 Å². The first-order chi connectivity index (χ1) is 24.3. The van der Waals surface area contributed by atoms with E-state index in [-0.39, 0.29) is 0 Å². The van der Waals surface area contributed by atoms with Crippen molar-refractivity contribution in [2.24, 2.45) is 0 Å². The lowest BCUT2D eigenvalue weighted by Gasteiger charge is -2.15. The molecule has 0 saturated heterocycles. The van der Waals surface area contributed by atoms with Crippen molar-refractivity contribution >= 4 is 54.3 Å². The highest BCUT2D eigenvalue weighted by atomic mass is 15.2. The number of nitrogens with zero attached hydrogens (tertiary/aromatic N) is 4. The molecule has 0 saturated carbocycles. The van der Waals surface area contributed by atoms with E-state index in [1.165, 1.54) is 49.4 Å². The Morgan fingerprint density at radius 3 is 2.04 bits per heavy atom. The summed E-state index contributed by atoms with van der Waals surface area (Å²) in [5.74, 6) is 0.656. The first-order valence-electron chi connectivity index (χ1n) is 16.6. The third kappa shape index (κ3) is 3.66. The predicted octanol–water partition coefficient (Wildman–Crippen LogP) is 11.4. The fourth-order valence-electron chi connectivity index (χ4n) is 8.16. The zero-order valence-corrected chi connectivity index (χ0v) is 26.3. The van der Waals surface area contributed by atoms with Gasteiger partial charge in [0, 0.05) is 45.1 Å². The molecule has 0 atom stereocenters. The number of para-hydroxylation sites is 1. The molecule has 4 nitrogen and oxygen atoms in total. The number of hydrogen-bond donors (Lipinski definition) is 0. The minimum Gasteiger partial charge on any atom is -0.278 e. The van der Waals surface area contributed by atoms with Crippen molar-refractivity contribution < 1.29 is 0 Å². The van der Waals surface area contributed by atoms with Gasteiger partial charge in [-0.1, -0.05) is 121 Å². The standard InChI is InChI=1S/C45H26N4/c1-2-12-28(13-3-1)43-36-22-21-27-11-4-5-14-29(27)44(36)48-45(47-43)49-39-20-9-8-17-34(39)42-35-19-10-18-33-30-15-6-7-16-31(30)38-26-46-24-23-32(38)37(41(33)35)25-40(42)49/h1-26H. The van der Waals surface area contributed by atoms with Crippen molar-refractivity contribution in [2.45, 2.75) is 0 Å². The molecule has 0 fully saturated rings. The van der Waals surface area contributed by atoms with Gasteiger partial charge >= 0.3 is 0 Å². The molecule has 49 heavy (non-hydrogen) atoms. The number of pyridine rings is 1. The molecule has 0 unspecified atom stereocenters. The second-order valence-electron chi connectivity index (χ2n) is 12.8. The van der Waals surface area contributed by atoms with Gasteiger partial charge in [0.05, 0.1) is 22.2 Å². The van der Waals surface area contributed by atoms with Crippen LogP contribution in [-0.2, 0) is 0 Å². The summed E-state index contributed by atoms with van der Waals surface area (Å²) in [6.07, 6.45) is 3.92. The van der Waals surface area contributed by atoms with E-state index < -0.39 is 0 Å². The third-order valence-corrected chi connectivity index (χ3v) is 10.2. The molecule has 10 aromatic rings. The van der Waals surface area contributed by atoms with Crippen molar-refractivity contribution in [2.75, 3.05) is 0 Å². The second kappa shape index (κ2) is 9.93. The molecule has 1 aliphatic carbocycles. The number of hydrogen-bond acceptors (Lipinski definition) is 3. The van der Waals surface area contributed by atoms with Crippen LogP contribution in [0, 0.1) is 0 Å². The average molecular weight is 623 g/mol. The summed E-state index contributed by atoms with van der Waals surface area (Å²) in [6, 6.07) is 52.0. The van der Waals surface area contributed by atoms with Gasteiger partial charge in [0.15, 0.2) is 0 Å². The predicted molar refractivity (Wildman–Crippen MR) is 202 cm³/mol. The van der Waals surface area contributed by atoms with Crippen LogP contribution in [0.15, 0.2) is 158 Å². The lowest BCUT2D eigenvalue weighted by Crippen LogP contribution is -2.04. The summed E-state index contributed by atoms with van der Waals surface area (Å²) in [5.41, 5.74) is 12.2. The van der Waals surface area contributed by atoms with E-state index >= 15 is 0 Å². The van der Waals surface area contributed by atoms with E-state index in [2.05, 4.69) is 155 Å². The molecule has 0 N–H and O–H groups in total. The molecular formula is C45H26N4. The van der Waals surface area contributed by atoms with Gasteiger partial charge in [-0.3, -0.25) is 9.55 Å². The van der Waals surface area contributed by atoms with Crippen LogP contribution in [0.1, 0.15) is 0 Å². The number of rotatable bonds is 2. The molecule has 0 aliphatic heterocycles. The van der Waals surface area contributed by atoms with E-state index in [1.807, 2.05) is 12.4 Å². The van der Waals surface area contributed by atoms with Gasteiger partial charge in [0.25, 0.3) is 0 Å². The highest BCUT2D eigenvalue weighted by Crippen LogP contribution is 2.50. The quantitative estimate of drug-likeness (QED) is 0.180. The zero-order valence-electron chi connectivity index (χ0n) is 26.3. The topological polar surface area (TPSA) is 43.6 Å². The monoisotopic (exact) mass is 622 g/mol. The fraction of sp³-hybridized carbons (Fsp3) is 0. The Hall–Kier alpha value is -6.65. The first-order valence-corrected chi connectivity index (χ1v) is 16.6. The van der Waals surface area contributed by atoms with Gasteiger partial charge in [-0.25, -0.2) is 9.97 Å². The fourth-order valence-corrected chi connectivity index (χ4v) is 8.16. The minimum atomic E-state index is 0.656. The van der Waals surface area contributed by atoms with Crippen LogP contribution >= 0.6 is 0 Å². The van der Waals surface area contributed by atoms with Gasteiger partial charge in [-0.05, 0) is 68.2 Å². The smallest absolute Gasteiger partial charge is 0.235 e. The molecule has 11 rings (SSSR count). The van der Waals surface area contributed by atoms with Crippen LogP contribution in [0.25, 0.3) is 105 Å². The van der Waals surface area contributed by atoms with Gasteiger partial charge in [-0.2, -0.15) is 0 Å². The Morgan fingerprint density at radius 2 is 1.14 bits per heavy atom. The second-order valence-corrected chi connectivity index (χ2v) is 12.8. The minimum absolute atomic E-state index is 0.656. The van der Waals surface area contributed by atoms with Crippen LogP contribution in [0.2, 0.25) is 0 Å². The van der Waals surface area contributed by atoms with Crippen molar-refractivity contribution in [1.82, 2.24) is 19.5 Å². The first kappa shape index (κ1) is 26.4. The highest BCUT2D eigenvalue weighted by molar-refractivity contribution is 6.28. The molecular weight excluding hydrogens is 597 g/mol. The Morgan fingerprint density at radius 1 is 0.429 bits per heavy atom. The Bertz CT molecular complexity index is 2990. The molecule has 3 aromatic heterocycles. The summed E-state index contributed by atoms with van der Waals surface area (Å²) in [4.78, 5) is 15.5. The average Bonchev–Trinajstić information content (AvgIpc) is 3.45. The lowest BCUT2D eigenvalue weighted by atomic mass is 9.91. The Balaban J connectivity index is 1.34. The molecule has 226 valence electrons. The summed E-state index contributed by atoms with van der Waals surface area (Å²) in [5, 5.41) is 8.16. The maximum absolute atomic E-state index is 5.44. The van der Waals surface area contributed by atoms with E-state index in [0.29, 0.717) is 5.95 Å². The molecule has 0 radical (unpaired) electrons. The van der Waals surface area contributed by atoms with Crippen LogP contribution in [-0.4, -0.2) is 19.5 Å². The molecule has 3 heterocycles. The van der Waals surface area contributed by atoms with Crippen LogP contribution in [0.4, 0.5) is 0 Å². The van der Waals surface area contributed by atoms with Gasteiger partial charge in [0.2, 0.25) is 5.95 Å². The molecule has 7 aromatic carbocycles. The number of fused-ring (bicyclic) bond motifs is 12. The molecule has 0 spiro atoms. The van der Waals surface area contributed by atoms with E-state index in [0.717, 1.165) is 49.5 Å². The van der Waals surface area contributed by atoms with Gasteiger partial charge < -0.3 is 0 Å². The van der Waals surface area contributed by atoms with Crippen molar-refractivity contribution in [3.63, 3.8) is 0 Å². The number of aromatic nitrogens is 4. The maximum Gasteiger partial charge on any atom is 0.235 e. The largest absolute Gasteiger partial charge is 0.278 e. The normalized spacial score (nSPS) is 12.1. The van der Waals surface area contributed by atoms with Crippen LogP contribution in [0.3, 0.4) is 0 Å². The van der Waals surface area contributed by atoms with E-state index in [9.17, 15) is 0 Å². The van der Waals surface area contributed by atoms with Crippen molar-refractivity contribution in [1.29, 1.82) is 0 Å². The maximum atomic E-state index is 5.44. The summed E-state index contributed by atoms with van der Waals surface area (Å²) in [7, 11) is 0. The van der Waals surface area contributed by atoms with Crippen molar-refractivity contribution in [3.8, 4) is 50.6 Å². The summed E-state index contributed by atoms with van der Waals surface area (Å²) in [6.45, 7) is 0. The summed E-state index contributed by atoms with van der Waals surface area (Å²) < 4.78 is 2.28. The SMILES string of the molecule is c1ccc(-c2nc(-n3c4ccccc4c4c5cccc6c5c(cc43)-c3ccncc3-c3ccccc3-6)nc3c2ccc2ccccc23)cc1. The van der Waals surface area contributed by atoms with E-state index in [1.54, 1.807) is 0 Å². The Labute approximate surface area is 281 Å².